The number of benzene rings is 1. The quantitative estimate of drug-likeness (QED) is 0.874. The maximum atomic E-state index is 5.74. The van der Waals surface area contributed by atoms with Gasteiger partial charge in [-0.05, 0) is 25.0 Å². The van der Waals surface area contributed by atoms with Crippen molar-refractivity contribution in [1.82, 2.24) is 9.97 Å². The molecule has 18 heavy (non-hydrogen) atoms. The molecule has 0 aliphatic rings. The van der Waals surface area contributed by atoms with Crippen LogP contribution in [0.25, 0.3) is 0 Å². The van der Waals surface area contributed by atoms with Crippen LogP contribution in [0.3, 0.4) is 0 Å². The normalized spacial score (nSPS) is 10.1. The predicted molar refractivity (Wildman–Crippen MR) is 72.1 cm³/mol. The first-order chi connectivity index (χ1) is 8.79. The summed E-state index contributed by atoms with van der Waals surface area (Å²) in [5.74, 6) is 2.16. The molecule has 0 saturated heterocycles. The molecule has 0 spiro atoms. The van der Waals surface area contributed by atoms with Gasteiger partial charge in [-0.3, -0.25) is 0 Å². The Labute approximate surface area is 107 Å². The molecular weight excluding hydrogens is 226 g/mol. The van der Waals surface area contributed by atoms with Crippen LogP contribution in [0.1, 0.15) is 18.9 Å². The second-order valence-corrected chi connectivity index (χ2v) is 4.04. The Bertz CT molecular complexity index is 514. The van der Waals surface area contributed by atoms with Gasteiger partial charge in [0.1, 0.15) is 17.9 Å². The number of anilines is 1. The molecule has 94 valence electrons. The van der Waals surface area contributed by atoms with E-state index >= 15 is 0 Å². The molecule has 1 aromatic heterocycles. The maximum absolute atomic E-state index is 5.74. The number of nitrogens with one attached hydrogen (secondary N) is 1. The number of aromatic nitrogens is 2. The number of hydrogen-bond acceptors (Lipinski definition) is 4. The lowest BCUT2D eigenvalue weighted by molar-refractivity contribution is 0.458. The van der Waals surface area contributed by atoms with Gasteiger partial charge in [-0.15, -0.1) is 0 Å². The third kappa shape index (κ3) is 3.20. The van der Waals surface area contributed by atoms with E-state index in [9.17, 15) is 0 Å². The summed E-state index contributed by atoms with van der Waals surface area (Å²) in [4.78, 5) is 8.25. The summed E-state index contributed by atoms with van der Waals surface area (Å²) in [5, 5.41) is 3.20. The summed E-state index contributed by atoms with van der Waals surface area (Å²) >= 11 is 0. The Kier molecular flexibility index (Phi) is 4.12. The Morgan fingerprint density at radius 3 is 2.83 bits per heavy atom. The van der Waals surface area contributed by atoms with Gasteiger partial charge in [0, 0.05) is 12.6 Å². The monoisotopic (exact) mass is 243 g/mol. The molecular formula is C14H17N3O. The second-order valence-electron chi connectivity index (χ2n) is 4.04. The smallest absolute Gasteiger partial charge is 0.224 e. The largest absolute Gasteiger partial charge is 0.439 e. The van der Waals surface area contributed by atoms with E-state index in [-0.39, 0.29) is 0 Å². The van der Waals surface area contributed by atoms with Crippen LogP contribution in [-0.2, 0) is 0 Å². The second kappa shape index (κ2) is 6.00. The number of aryl methyl sites for hydroxylation is 1. The Morgan fingerprint density at radius 2 is 2.06 bits per heavy atom. The van der Waals surface area contributed by atoms with Crippen molar-refractivity contribution in [1.29, 1.82) is 0 Å². The van der Waals surface area contributed by atoms with Crippen LogP contribution in [0.5, 0.6) is 11.6 Å². The maximum Gasteiger partial charge on any atom is 0.224 e. The van der Waals surface area contributed by atoms with Gasteiger partial charge in [-0.25, -0.2) is 9.97 Å². The van der Waals surface area contributed by atoms with Crippen LogP contribution in [-0.4, -0.2) is 16.5 Å². The van der Waals surface area contributed by atoms with Crippen LogP contribution in [0.4, 0.5) is 5.82 Å². The van der Waals surface area contributed by atoms with E-state index in [0.717, 1.165) is 30.1 Å². The summed E-state index contributed by atoms with van der Waals surface area (Å²) in [6.45, 7) is 5.01. The van der Waals surface area contributed by atoms with Gasteiger partial charge >= 0.3 is 0 Å². The third-order valence-electron chi connectivity index (χ3n) is 2.51. The average molecular weight is 243 g/mol. The SMILES string of the molecule is CCCNc1cc(Oc2ccccc2C)ncn1. The highest BCUT2D eigenvalue weighted by Crippen LogP contribution is 2.23. The van der Waals surface area contributed by atoms with E-state index in [1.807, 2.05) is 37.3 Å². The summed E-state index contributed by atoms with van der Waals surface area (Å²) < 4.78 is 5.74. The zero-order valence-corrected chi connectivity index (χ0v) is 10.7. The van der Waals surface area contributed by atoms with Gasteiger partial charge in [0.2, 0.25) is 5.88 Å². The van der Waals surface area contributed by atoms with Crippen LogP contribution in [0.15, 0.2) is 36.7 Å². The van der Waals surface area contributed by atoms with E-state index in [1.54, 1.807) is 0 Å². The number of ether oxygens (including phenoxy) is 1. The van der Waals surface area contributed by atoms with Crippen molar-refractivity contribution in [2.24, 2.45) is 0 Å². The molecule has 0 aliphatic carbocycles. The van der Waals surface area contributed by atoms with Gasteiger partial charge < -0.3 is 10.1 Å². The lowest BCUT2D eigenvalue weighted by Gasteiger charge is -2.08. The number of hydrogen-bond donors (Lipinski definition) is 1. The van der Waals surface area contributed by atoms with Gasteiger partial charge in [0.15, 0.2) is 0 Å². The minimum Gasteiger partial charge on any atom is -0.439 e. The molecule has 1 heterocycles. The van der Waals surface area contributed by atoms with E-state index in [4.69, 9.17) is 4.74 Å². The molecule has 0 fully saturated rings. The van der Waals surface area contributed by atoms with E-state index in [2.05, 4.69) is 22.2 Å². The molecule has 1 aromatic carbocycles. The van der Waals surface area contributed by atoms with Gasteiger partial charge in [-0.1, -0.05) is 25.1 Å². The molecule has 0 unspecified atom stereocenters. The molecule has 0 atom stereocenters. The molecule has 0 aliphatic heterocycles. The molecule has 0 saturated carbocycles. The van der Waals surface area contributed by atoms with Crippen molar-refractivity contribution < 1.29 is 4.74 Å². The zero-order valence-electron chi connectivity index (χ0n) is 10.7. The minimum atomic E-state index is 0.554. The highest BCUT2D eigenvalue weighted by Gasteiger charge is 2.03. The molecule has 2 rings (SSSR count). The zero-order chi connectivity index (χ0) is 12.8. The first kappa shape index (κ1) is 12.4. The lowest BCUT2D eigenvalue weighted by atomic mass is 10.2. The summed E-state index contributed by atoms with van der Waals surface area (Å²) in [6, 6.07) is 9.67. The first-order valence-electron chi connectivity index (χ1n) is 6.09. The Morgan fingerprint density at radius 1 is 1.22 bits per heavy atom. The molecule has 0 radical (unpaired) electrons. The van der Waals surface area contributed by atoms with Crippen LogP contribution in [0, 0.1) is 6.92 Å². The average Bonchev–Trinajstić information content (AvgIpc) is 2.40. The number of para-hydroxylation sites is 1. The fraction of sp³-hybridized carbons (Fsp3) is 0.286. The van der Waals surface area contributed by atoms with Gasteiger partial charge in [0.25, 0.3) is 0 Å². The molecule has 2 aromatic rings. The highest BCUT2D eigenvalue weighted by molar-refractivity contribution is 5.40. The fourth-order valence-corrected chi connectivity index (χ4v) is 1.53. The van der Waals surface area contributed by atoms with Crippen molar-refractivity contribution in [2.45, 2.75) is 20.3 Å². The summed E-state index contributed by atoms with van der Waals surface area (Å²) in [6.07, 6.45) is 2.56. The molecule has 4 heteroatoms. The summed E-state index contributed by atoms with van der Waals surface area (Å²) in [7, 11) is 0. The van der Waals surface area contributed by atoms with E-state index in [1.165, 1.54) is 6.33 Å². The summed E-state index contributed by atoms with van der Waals surface area (Å²) in [5.41, 5.74) is 1.08. The minimum absolute atomic E-state index is 0.554. The number of nitrogens with zero attached hydrogens (tertiary/aromatic N) is 2. The predicted octanol–water partition coefficient (Wildman–Crippen LogP) is 3.40. The van der Waals surface area contributed by atoms with Gasteiger partial charge in [0.05, 0.1) is 0 Å². The van der Waals surface area contributed by atoms with Crippen molar-refractivity contribution in [3.8, 4) is 11.6 Å². The van der Waals surface area contributed by atoms with E-state index < -0.39 is 0 Å². The molecule has 0 amide bonds. The third-order valence-corrected chi connectivity index (χ3v) is 2.51. The molecule has 1 N–H and O–H groups in total. The molecule has 4 nitrogen and oxygen atoms in total. The van der Waals surface area contributed by atoms with Crippen LogP contribution >= 0.6 is 0 Å². The van der Waals surface area contributed by atoms with Crippen molar-refractivity contribution in [2.75, 3.05) is 11.9 Å². The standard InChI is InChI=1S/C14H17N3O/c1-3-8-15-13-9-14(17-10-16-13)18-12-7-5-4-6-11(12)2/h4-7,9-10H,3,8H2,1-2H3,(H,15,16,17). The highest BCUT2D eigenvalue weighted by atomic mass is 16.5. The van der Waals surface area contributed by atoms with E-state index in [0.29, 0.717) is 5.88 Å². The van der Waals surface area contributed by atoms with Crippen LogP contribution in [0.2, 0.25) is 0 Å². The van der Waals surface area contributed by atoms with Gasteiger partial charge in [-0.2, -0.15) is 0 Å². The Balaban J connectivity index is 2.12. The molecule has 0 bridgehead atoms. The van der Waals surface area contributed by atoms with Crippen LogP contribution < -0.4 is 10.1 Å². The number of rotatable bonds is 5. The first-order valence-corrected chi connectivity index (χ1v) is 6.09. The topological polar surface area (TPSA) is 47.0 Å². The fourth-order valence-electron chi connectivity index (χ4n) is 1.53. The van der Waals surface area contributed by atoms with Crippen molar-refractivity contribution in [3.05, 3.63) is 42.2 Å². The lowest BCUT2D eigenvalue weighted by Crippen LogP contribution is -2.02. The Hall–Kier alpha value is -2.10. The van der Waals surface area contributed by atoms with Crippen molar-refractivity contribution in [3.63, 3.8) is 0 Å². The van der Waals surface area contributed by atoms with Crippen molar-refractivity contribution >= 4 is 5.82 Å².